The van der Waals surface area contributed by atoms with Gasteiger partial charge in [0.2, 0.25) is 5.91 Å². The van der Waals surface area contributed by atoms with E-state index < -0.39 is 0 Å². The standard InChI is InChI=1S/C19H23N5O2/c1-13-11-24(4-5-26-13)12-19(25)23-18-7-16-6-14(17-9-21-22-10-17)2-3-15(16)8-20-18/h2-3,7-10,13,16H,4-6,11-12H2,1H3,(H,21,22)(H,23,25)/t13-,16?/m0/s1. The van der Waals surface area contributed by atoms with Crippen LogP contribution >= 0.6 is 0 Å². The maximum Gasteiger partial charge on any atom is 0.239 e. The van der Waals surface area contributed by atoms with Gasteiger partial charge < -0.3 is 10.1 Å². The second-order valence-electron chi connectivity index (χ2n) is 6.93. The highest BCUT2D eigenvalue weighted by Gasteiger charge is 2.23. The van der Waals surface area contributed by atoms with E-state index >= 15 is 0 Å². The summed E-state index contributed by atoms with van der Waals surface area (Å²) in [6.07, 6.45) is 12.9. The Hall–Kier alpha value is -2.51. The number of hydrogen-bond acceptors (Lipinski definition) is 5. The molecule has 1 aromatic rings. The van der Waals surface area contributed by atoms with Crippen molar-refractivity contribution in [2.45, 2.75) is 19.4 Å². The van der Waals surface area contributed by atoms with Crippen LogP contribution in [0.1, 0.15) is 18.9 Å². The first-order valence-corrected chi connectivity index (χ1v) is 8.97. The topological polar surface area (TPSA) is 82.6 Å². The van der Waals surface area contributed by atoms with Gasteiger partial charge in [-0.25, -0.2) is 4.99 Å². The summed E-state index contributed by atoms with van der Waals surface area (Å²) in [7, 11) is 0. The van der Waals surface area contributed by atoms with Crippen molar-refractivity contribution >= 4 is 17.7 Å². The normalized spacial score (nSPS) is 25.8. The van der Waals surface area contributed by atoms with E-state index in [4.69, 9.17) is 4.74 Å². The molecule has 1 saturated heterocycles. The lowest BCUT2D eigenvalue weighted by atomic mass is 9.84. The predicted octanol–water partition coefficient (Wildman–Crippen LogP) is 1.50. The maximum absolute atomic E-state index is 12.4. The van der Waals surface area contributed by atoms with Gasteiger partial charge in [0, 0.05) is 37.0 Å². The number of morpholine rings is 1. The van der Waals surface area contributed by atoms with Gasteiger partial charge in [0.1, 0.15) is 5.82 Å². The molecule has 7 nitrogen and oxygen atoms in total. The van der Waals surface area contributed by atoms with E-state index in [-0.39, 0.29) is 17.9 Å². The monoisotopic (exact) mass is 353 g/mol. The van der Waals surface area contributed by atoms with Gasteiger partial charge in [0.25, 0.3) is 0 Å². The molecule has 3 heterocycles. The summed E-state index contributed by atoms with van der Waals surface area (Å²) in [5, 5.41) is 9.81. The Balaban J connectivity index is 1.37. The van der Waals surface area contributed by atoms with Crippen molar-refractivity contribution in [3.8, 4) is 0 Å². The summed E-state index contributed by atoms with van der Waals surface area (Å²) >= 11 is 0. The number of H-pyrrole nitrogens is 1. The molecule has 1 unspecified atom stereocenters. The van der Waals surface area contributed by atoms with E-state index in [0.29, 0.717) is 19.0 Å². The van der Waals surface area contributed by atoms with E-state index in [9.17, 15) is 4.79 Å². The van der Waals surface area contributed by atoms with Gasteiger partial charge in [-0.3, -0.25) is 14.8 Å². The molecule has 1 fully saturated rings. The second-order valence-corrected chi connectivity index (χ2v) is 6.93. The molecule has 26 heavy (non-hydrogen) atoms. The molecule has 136 valence electrons. The molecule has 1 amide bonds. The number of aromatic amines is 1. The number of rotatable bonds is 4. The largest absolute Gasteiger partial charge is 0.376 e. The summed E-state index contributed by atoms with van der Waals surface area (Å²) in [5.41, 5.74) is 3.49. The highest BCUT2D eigenvalue weighted by molar-refractivity contribution is 5.87. The average molecular weight is 353 g/mol. The molecule has 0 spiro atoms. The minimum atomic E-state index is -0.0312. The Kier molecular flexibility index (Phi) is 4.81. The quantitative estimate of drug-likeness (QED) is 0.859. The van der Waals surface area contributed by atoms with E-state index in [1.165, 1.54) is 5.57 Å². The zero-order valence-electron chi connectivity index (χ0n) is 14.8. The number of carbonyl (C=O) groups is 1. The molecule has 7 heteroatoms. The van der Waals surface area contributed by atoms with Crippen LogP contribution in [0.25, 0.3) is 5.57 Å². The van der Waals surface area contributed by atoms with Crippen LogP contribution in [0.4, 0.5) is 0 Å². The number of aromatic nitrogens is 2. The fourth-order valence-corrected chi connectivity index (χ4v) is 3.55. The molecule has 2 atom stereocenters. The maximum atomic E-state index is 12.4. The first-order valence-electron chi connectivity index (χ1n) is 8.97. The van der Waals surface area contributed by atoms with Crippen LogP contribution in [-0.2, 0) is 9.53 Å². The minimum Gasteiger partial charge on any atom is -0.376 e. The SMILES string of the molecule is C[C@H]1CN(CC(=O)NC2=CC3CC(c4cn[nH]c4)=CC=C3C=N2)CCO1. The Bertz CT molecular complexity index is 791. The molecule has 2 aliphatic heterocycles. The minimum absolute atomic E-state index is 0.0312. The molecular weight excluding hydrogens is 330 g/mol. The zero-order valence-corrected chi connectivity index (χ0v) is 14.8. The van der Waals surface area contributed by atoms with Gasteiger partial charge >= 0.3 is 0 Å². The molecule has 0 saturated carbocycles. The summed E-state index contributed by atoms with van der Waals surface area (Å²) in [4.78, 5) is 18.9. The van der Waals surface area contributed by atoms with E-state index in [1.54, 1.807) is 0 Å². The third-order valence-electron chi connectivity index (χ3n) is 4.89. The van der Waals surface area contributed by atoms with Crippen LogP contribution in [0.3, 0.4) is 0 Å². The second kappa shape index (κ2) is 7.39. The van der Waals surface area contributed by atoms with Crippen LogP contribution in [-0.4, -0.2) is 59.6 Å². The van der Waals surface area contributed by atoms with Crippen molar-refractivity contribution in [2.75, 3.05) is 26.2 Å². The number of hydrogen-bond donors (Lipinski definition) is 2. The fourth-order valence-electron chi connectivity index (χ4n) is 3.55. The first kappa shape index (κ1) is 16.9. The highest BCUT2D eigenvalue weighted by Crippen LogP contribution is 2.33. The lowest BCUT2D eigenvalue weighted by molar-refractivity contribution is -0.123. The molecule has 1 aliphatic carbocycles. The number of nitrogens with zero attached hydrogens (tertiary/aromatic N) is 3. The Morgan fingerprint density at radius 1 is 1.46 bits per heavy atom. The van der Waals surface area contributed by atoms with Gasteiger partial charge in [-0.2, -0.15) is 5.10 Å². The number of aliphatic imine (C=N–C) groups is 1. The van der Waals surface area contributed by atoms with Gasteiger partial charge in [-0.15, -0.1) is 0 Å². The number of carbonyl (C=O) groups excluding carboxylic acids is 1. The van der Waals surface area contributed by atoms with E-state index in [0.717, 1.165) is 30.6 Å². The van der Waals surface area contributed by atoms with Crippen LogP contribution in [0.5, 0.6) is 0 Å². The summed E-state index contributed by atoms with van der Waals surface area (Å²) < 4.78 is 5.51. The summed E-state index contributed by atoms with van der Waals surface area (Å²) in [6.45, 7) is 4.64. The molecule has 4 rings (SSSR count). The van der Waals surface area contributed by atoms with Gasteiger partial charge in [0.15, 0.2) is 0 Å². The van der Waals surface area contributed by atoms with E-state index in [2.05, 4.69) is 37.6 Å². The lowest BCUT2D eigenvalue weighted by Gasteiger charge is -2.30. The van der Waals surface area contributed by atoms with Crippen LogP contribution < -0.4 is 5.32 Å². The van der Waals surface area contributed by atoms with Crippen LogP contribution in [0, 0.1) is 5.92 Å². The molecule has 2 N–H and O–H groups in total. The number of allylic oxidation sites excluding steroid dienone is 5. The Morgan fingerprint density at radius 3 is 3.19 bits per heavy atom. The molecule has 0 aromatic carbocycles. The van der Waals surface area contributed by atoms with Gasteiger partial charge in [-0.05, 0) is 30.6 Å². The third kappa shape index (κ3) is 3.84. The average Bonchev–Trinajstić information content (AvgIpc) is 3.15. The lowest BCUT2D eigenvalue weighted by Crippen LogP contribution is -2.45. The summed E-state index contributed by atoms with van der Waals surface area (Å²) in [6, 6.07) is 0. The van der Waals surface area contributed by atoms with E-state index in [1.807, 2.05) is 31.6 Å². The molecule has 0 radical (unpaired) electrons. The number of ether oxygens (including phenoxy) is 1. The smallest absolute Gasteiger partial charge is 0.239 e. The number of nitrogens with one attached hydrogen (secondary N) is 2. The molecule has 0 bridgehead atoms. The van der Waals surface area contributed by atoms with Gasteiger partial charge in [0.05, 0.1) is 25.5 Å². The molecule has 1 aromatic heterocycles. The molecular formula is C19H23N5O2. The predicted molar refractivity (Wildman–Crippen MR) is 99.3 cm³/mol. The Labute approximate surface area is 152 Å². The van der Waals surface area contributed by atoms with Crippen molar-refractivity contribution in [1.82, 2.24) is 20.4 Å². The zero-order chi connectivity index (χ0) is 17.9. The van der Waals surface area contributed by atoms with Crippen molar-refractivity contribution < 1.29 is 9.53 Å². The van der Waals surface area contributed by atoms with Crippen molar-refractivity contribution in [3.05, 3.63) is 47.6 Å². The van der Waals surface area contributed by atoms with Crippen molar-refractivity contribution in [2.24, 2.45) is 10.9 Å². The van der Waals surface area contributed by atoms with Crippen molar-refractivity contribution in [3.63, 3.8) is 0 Å². The summed E-state index contributed by atoms with van der Waals surface area (Å²) in [5.74, 6) is 0.823. The van der Waals surface area contributed by atoms with Gasteiger partial charge in [-0.1, -0.05) is 12.2 Å². The number of amides is 1. The first-order chi connectivity index (χ1) is 12.7. The van der Waals surface area contributed by atoms with Crippen molar-refractivity contribution in [1.29, 1.82) is 0 Å². The molecule has 3 aliphatic rings. The van der Waals surface area contributed by atoms with Crippen LogP contribution in [0.2, 0.25) is 0 Å². The fraction of sp³-hybridized carbons (Fsp3) is 0.421. The Morgan fingerprint density at radius 2 is 2.38 bits per heavy atom. The third-order valence-corrected chi connectivity index (χ3v) is 4.89. The van der Waals surface area contributed by atoms with Crippen LogP contribution in [0.15, 0.2) is 47.0 Å². The number of fused-ring (bicyclic) bond motifs is 1. The highest BCUT2D eigenvalue weighted by atomic mass is 16.5.